The molecule has 116 valence electrons. The summed E-state index contributed by atoms with van der Waals surface area (Å²) >= 11 is 7.47. The number of thioether (sulfide) groups is 1. The summed E-state index contributed by atoms with van der Waals surface area (Å²) in [6.07, 6.45) is 7.06. The molecule has 2 N–H and O–H groups in total. The first-order valence-corrected chi connectivity index (χ1v) is 9.34. The van der Waals surface area contributed by atoms with E-state index in [1.54, 1.807) is 0 Å². The van der Waals surface area contributed by atoms with Crippen molar-refractivity contribution in [1.82, 2.24) is 5.32 Å². The van der Waals surface area contributed by atoms with Crippen LogP contribution in [0.15, 0.2) is 18.2 Å². The summed E-state index contributed by atoms with van der Waals surface area (Å²) in [5.41, 5.74) is 3.61. The average Bonchev–Trinajstić information content (AvgIpc) is 2.48. The first-order valence-electron chi connectivity index (χ1n) is 7.89. The van der Waals surface area contributed by atoms with E-state index in [-0.39, 0.29) is 0 Å². The predicted octanol–water partition coefficient (Wildman–Crippen LogP) is 4.66. The molecular formula is C17H26N2S2. The summed E-state index contributed by atoms with van der Waals surface area (Å²) in [7, 11) is 0. The molecule has 2 nitrogen and oxygen atoms in total. The highest BCUT2D eigenvalue weighted by Gasteiger charge is 2.13. The van der Waals surface area contributed by atoms with E-state index < -0.39 is 0 Å². The molecule has 0 amide bonds. The molecule has 0 saturated heterocycles. The Hall–Kier alpha value is -0.740. The third kappa shape index (κ3) is 5.87. The van der Waals surface area contributed by atoms with Gasteiger partial charge in [-0.05, 0) is 50.5 Å². The Morgan fingerprint density at radius 2 is 2.00 bits per heavy atom. The fourth-order valence-corrected chi connectivity index (χ4v) is 4.17. The molecule has 1 aliphatic carbocycles. The molecule has 0 radical (unpaired) electrons. The van der Waals surface area contributed by atoms with Crippen LogP contribution in [0.1, 0.15) is 43.2 Å². The summed E-state index contributed by atoms with van der Waals surface area (Å²) in [6, 6.07) is 6.37. The van der Waals surface area contributed by atoms with Gasteiger partial charge in [-0.1, -0.05) is 37.0 Å². The van der Waals surface area contributed by atoms with Crippen LogP contribution in [0.3, 0.4) is 0 Å². The van der Waals surface area contributed by atoms with E-state index in [1.807, 2.05) is 0 Å². The lowest BCUT2D eigenvalue weighted by atomic mass is 10.0. The highest BCUT2D eigenvalue weighted by molar-refractivity contribution is 7.99. The van der Waals surface area contributed by atoms with Crippen molar-refractivity contribution in [2.75, 3.05) is 17.6 Å². The van der Waals surface area contributed by atoms with Gasteiger partial charge in [-0.3, -0.25) is 0 Å². The molecule has 4 heteroatoms. The smallest absolute Gasteiger partial charge is 0.170 e. The fraction of sp³-hybridized carbons (Fsp3) is 0.588. The zero-order valence-electron chi connectivity index (χ0n) is 13.1. The molecule has 1 aromatic carbocycles. The quantitative estimate of drug-likeness (QED) is 0.608. The molecule has 0 aromatic heterocycles. The van der Waals surface area contributed by atoms with Crippen molar-refractivity contribution in [2.45, 2.75) is 51.2 Å². The summed E-state index contributed by atoms with van der Waals surface area (Å²) < 4.78 is 0. The summed E-state index contributed by atoms with van der Waals surface area (Å²) in [6.45, 7) is 5.16. The van der Waals surface area contributed by atoms with Crippen LogP contribution in [-0.2, 0) is 0 Å². The third-order valence-electron chi connectivity index (χ3n) is 3.92. The van der Waals surface area contributed by atoms with Gasteiger partial charge in [0, 0.05) is 23.2 Å². The summed E-state index contributed by atoms with van der Waals surface area (Å²) in [5.74, 6) is 1.14. The second kappa shape index (κ2) is 8.64. The third-order valence-corrected chi connectivity index (χ3v) is 5.55. The highest BCUT2D eigenvalue weighted by Crippen LogP contribution is 2.27. The van der Waals surface area contributed by atoms with E-state index in [0.717, 1.165) is 28.3 Å². The molecular weight excluding hydrogens is 296 g/mol. The van der Waals surface area contributed by atoms with E-state index in [2.05, 4.69) is 54.4 Å². The van der Waals surface area contributed by atoms with Gasteiger partial charge in [-0.25, -0.2) is 0 Å². The number of aryl methyl sites for hydroxylation is 2. The number of hydrogen-bond acceptors (Lipinski definition) is 2. The maximum Gasteiger partial charge on any atom is 0.170 e. The standard InChI is InChI=1S/C17H26N2S2/c1-13-8-9-16(14(2)12-13)19-17(20)18-10-11-21-15-6-4-3-5-7-15/h8-9,12,15H,3-7,10-11H2,1-2H3,(H2,18,19,20). The molecule has 1 aromatic rings. The number of hydrogen-bond donors (Lipinski definition) is 2. The van der Waals surface area contributed by atoms with Gasteiger partial charge in [0.2, 0.25) is 0 Å². The van der Waals surface area contributed by atoms with Gasteiger partial charge in [0.15, 0.2) is 5.11 Å². The van der Waals surface area contributed by atoms with E-state index in [1.165, 1.54) is 43.2 Å². The molecule has 1 saturated carbocycles. The molecule has 2 rings (SSSR count). The molecule has 1 aliphatic rings. The van der Waals surface area contributed by atoms with Crippen LogP contribution in [0, 0.1) is 13.8 Å². The lowest BCUT2D eigenvalue weighted by molar-refractivity contribution is 0.516. The number of benzene rings is 1. The first kappa shape index (κ1) is 16.6. The van der Waals surface area contributed by atoms with Crippen LogP contribution in [0.2, 0.25) is 0 Å². The average molecular weight is 323 g/mol. The topological polar surface area (TPSA) is 24.1 Å². The monoisotopic (exact) mass is 322 g/mol. The molecule has 0 aliphatic heterocycles. The lowest BCUT2D eigenvalue weighted by Crippen LogP contribution is -2.31. The summed E-state index contributed by atoms with van der Waals surface area (Å²) in [4.78, 5) is 0. The zero-order valence-corrected chi connectivity index (χ0v) is 14.7. The number of thiocarbonyl (C=S) groups is 1. The van der Waals surface area contributed by atoms with Crippen molar-refractivity contribution in [3.05, 3.63) is 29.3 Å². The zero-order chi connectivity index (χ0) is 15.1. The maximum atomic E-state index is 5.37. The van der Waals surface area contributed by atoms with Crippen LogP contribution in [0.4, 0.5) is 5.69 Å². The van der Waals surface area contributed by atoms with Crippen molar-refractivity contribution in [2.24, 2.45) is 0 Å². The molecule has 21 heavy (non-hydrogen) atoms. The Morgan fingerprint density at radius 3 is 2.71 bits per heavy atom. The summed E-state index contributed by atoms with van der Waals surface area (Å²) in [5, 5.41) is 8.20. The van der Waals surface area contributed by atoms with Crippen molar-refractivity contribution in [3.63, 3.8) is 0 Å². The van der Waals surface area contributed by atoms with Gasteiger partial charge in [-0.15, -0.1) is 0 Å². The Morgan fingerprint density at radius 1 is 1.24 bits per heavy atom. The largest absolute Gasteiger partial charge is 0.362 e. The minimum Gasteiger partial charge on any atom is -0.362 e. The molecule has 0 spiro atoms. The minimum atomic E-state index is 0.728. The van der Waals surface area contributed by atoms with E-state index in [4.69, 9.17) is 12.2 Å². The van der Waals surface area contributed by atoms with Crippen molar-refractivity contribution in [3.8, 4) is 0 Å². The van der Waals surface area contributed by atoms with Crippen LogP contribution < -0.4 is 10.6 Å². The van der Waals surface area contributed by atoms with Crippen LogP contribution in [0.25, 0.3) is 0 Å². The van der Waals surface area contributed by atoms with Crippen molar-refractivity contribution < 1.29 is 0 Å². The van der Waals surface area contributed by atoms with Gasteiger partial charge in [0.1, 0.15) is 0 Å². The van der Waals surface area contributed by atoms with Crippen molar-refractivity contribution >= 4 is 34.8 Å². The molecule has 1 fully saturated rings. The number of nitrogens with one attached hydrogen (secondary N) is 2. The normalized spacial score (nSPS) is 15.7. The van der Waals surface area contributed by atoms with Crippen LogP contribution >= 0.6 is 24.0 Å². The maximum absolute atomic E-state index is 5.37. The highest BCUT2D eigenvalue weighted by atomic mass is 32.2. The Labute approximate surface area is 138 Å². The first-order chi connectivity index (χ1) is 10.1. The van der Waals surface area contributed by atoms with Crippen LogP contribution in [0.5, 0.6) is 0 Å². The molecule has 0 heterocycles. The Balaban J connectivity index is 1.65. The SMILES string of the molecule is Cc1ccc(NC(=S)NCCSC2CCCCC2)c(C)c1. The van der Waals surface area contributed by atoms with Gasteiger partial charge < -0.3 is 10.6 Å². The number of anilines is 1. The van der Waals surface area contributed by atoms with Gasteiger partial charge in [0.25, 0.3) is 0 Å². The molecule has 0 unspecified atom stereocenters. The van der Waals surface area contributed by atoms with E-state index >= 15 is 0 Å². The predicted molar refractivity (Wildman–Crippen MR) is 99.5 cm³/mol. The molecule has 0 bridgehead atoms. The molecule has 0 atom stereocenters. The van der Waals surface area contributed by atoms with Gasteiger partial charge in [0.05, 0.1) is 0 Å². The second-order valence-electron chi connectivity index (χ2n) is 5.83. The Kier molecular flexibility index (Phi) is 6.84. The fourth-order valence-electron chi connectivity index (χ4n) is 2.74. The Bertz CT molecular complexity index is 468. The van der Waals surface area contributed by atoms with Gasteiger partial charge >= 0.3 is 0 Å². The van der Waals surface area contributed by atoms with Crippen LogP contribution in [-0.4, -0.2) is 22.7 Å². The van der Waals surface area contributed by atoms with E-state index in [0.29, 0.717) is 0 Å². The lowest BCUT2D eigenvalue weighted by Gasteiger charge is -2.21. The second-order valence-corrected chi connectivity index (χ2v) is 7.65. The van der Waals surface area contributed by atoms with Crippen molar-refractivity contribution in [1.29, 1.82) is 0 Å². The minimum absolute atomic E-state index is 0.728. The number of rotatable bonds is 5. The van der Waals surface area contributed by atoms with E-state index in [9.17, 15) is 0 Å². The van der Waals surface area contributed by atoms with Gasteiger partial charge in [-0.2, -0.15) is 11.8 Å².